The molecule has 0 radical (unpaired) electrons. The molecule has 4 heteroatoms. The van der Waals surface area contributed by atoms with Gasteiger partial charge in [0.15, 0.2) is 5.78 Å². The van der Waals surface area contributed by atoms with Gasteiger partial charge in [-0.3, -0.25) is 4.79 Å². The van der Waals surface area contributed by atoms with E-state index in [0.29, 0.717) is 23.7 Å². The maximum atomic E-state index is 12.8. The molecule has 0 saturated heterocycles. The molecule has 0 saturated carbocycles. The molecule has 0 amide bonds. The van der Waals surface area contributed by atoms with Gasteiger partial charge in [0.2, 0.25) is 0 Å². The van der Waals surface area contributed by atoms with Crippen molar-refractivity contribution in [2.45, 2.75) is 6.61 Å². The molecule has 36 heavy (non-hydrogen) atoms. The average molecular weight is 477 g/mol. The molecule has 0 unspecified atom stereocenters. The van der Waals surface area contributed by atoms with Crippen molar-refractivity contribution in [2.24, 2.45) is 0 Å². The lowest BCUT2D eigenvalue weighted by Gasteiger charge is -2.17. The van der Waals surface area contributed by atoms with E-state index >= 15 is 0 Å². The largest absolute Gasteiger partial charge is 0.497 e. The third-order valence-electron chi connectivity index (χ3n) is 5.81. The molecule has 4 aromatic carbocycles. The van der Waals surface area contributed by atoms with Crippen molar-refractivity contribution in [2.75, 3.05) is 14.2 Å². The molecule has 0 aliphatic rings. The first-order valence-corrected chi connectivity index (χ1v) is 11.6. The van der Waals surface area contributed by atoms with Crippen LogP contribution < -0.4 is 14.2 Å². The van der Waals surface area contributed by atoms with Gasteiger partial charge in [0, 0.05) is 17.2 Å². The zero-order chi connectivity index (χ0) is 25.3. The number of carbonyl (C=O) groups is 1. The highest BCUT2D eigenvalue weighted by Crippen LogP contribution is 2.39. The van der Waals surface area contributed by atoms with Gasteiger partial charge >= 0.3 is 0 Å². The van der Waals surface area contributed by atoms with Crippen molar-refractivity contribution in [1.29, 1.82) is 0 Å². The van der Waals surface area contributed by atoms with Gasteiger partial charge in [-0.2, -0.15) is 0 Å². The van der Waals surface area contributed by atoms with Crippen molar-refractivity contribution in [1.82, 2.24) is 0 Å². The topological polar surface area (TPSA) is 44.8 Å². The fourth-order valence-corrected chi connectivity index (χ4v) is 3.92. The summed E-state index contributed by atoms with van der Waals surface area (Å²) in [5.74, 6) is 1.85. The Bertz CT molecular complexity index is 1370. The lowest BCUT2D eigenvalue weighted by molar-refractivity contribution is 0.104. The Kier molecular flexibility index (Phi) is 7.99. The highest BCUT2D eigenvalue weighted by molar-refractivity contribution is 6.07. The Labute approximate surface area is 212 Å². The molecular formula is C32H28O4. The van der Waals surface area contributed by atoms with Crippen molar-refractivity contribution < 1.29 is 19.0 Å². The third kappa shape index (κ3) is 5.73. The van der Waals surface area contributed by atoms with Crippen LogP contribution in [0, 0.1) is 0 Å². The van der Waals surface area contributed by atoms with Crippen molar-refractivity contribution in [3.8, 4) is 28.4 Å². The zero-order valence-electron chi connectivity index (χ0n) is 20.4. The van der Waals surface area contributed by atoms with Crippen LogP contribution >= 0.6 is 0 Å². The van der Waals surface area contributed by atoms with Crippen molar-refractivity contribution in [3.63, 3.8) is 0 Å². The van der Waals surface area contributed by atoms with Gasteiger partial charge in [-0.1, -0.05) is 79.4 Å². The molecule has 0 atom stereocenters. The highest BCUT2D eigenvalue weighted by atomic mass is 16.5. The van der Waals surface area contributed by atoms with Crippen LogP contribution in [0.2, 0.25) is 0 Å². The van der Waals surface area contributed by atoms with E-state index in [1.807, 2.05) is 72.8 Å². The highest BCUT2D eigenvalue weighted by Gasteiger charge is 2.16. The van der Waals surface area contributed by atoms with Gasteiger partial charge < -0.3 is 14.2 Å². The summed E-state index contributed by atoms with van der Waals surface area (Å²) in [4.78, 5) is 12.8. The summed E-state index contributed by atoms with van der Waals surface area (Å²) in [6, 6.07) is 28.8. The summed E-state index contributed by atoms with van der Waals surface area (Å²) < 4.78 is 17.3. The Morgan fingerprint density at radius 1 is 0.806 bits per heavy atom. The lowest BCUT2D eigenvalue weighted by atomic mass is 9.93. The Morgan fingerprint density at radius 3 is 2.17 bits per heavy atom. The van der Waals surface area contributed by atoms with E-state index in [0.717, 1.165) is 33.6 Å². The van der Waals surface area contributed by atoms with Gasteiger partial charge in [-0.25, -0.2) is 0 Å². The van der Waals surface area contributed by atoms with Crippen molar-refractivity contribution >= 4 is 17.9 Å². The van der Waals surface area contributed by atoms with Crippen molar-refractivity contribution in [3.05, 3.63) is 126 Å². The minimum Gasteiger partial charge on any atom is -0.497 e. The maximum Gasteiger partial charge on any atom is 0.185 e. The van der Waals surface area contributed by atoms with Crippen LogP contribution in [0.15, 0.2) is 104 Å². The first-order valence-electron chi connectivity index (χ1n) is 11.6. The predicted octanol–water partition coefficient (Wildman–Crippen LogP) is 7.49. The molecule has 4 aromatic rings. The molecule has 4 rings (SSSR count). The number of ketones is 1. The Hall–Kier alpha value is -4.57. The Balaban J connectivity index is 1.77. The molecule has 0 aliphatic carbocycles. The van der Waals surface area contributed by atoms with Gasteiger partial charge in [-0.15, -0.1) is 0 Å². The molecule has 0 heterocycles. The fraction of sp³-hybridized carbons (Fsp3) is 0.0938. The second-order valence-corrected chi connectivity index (χ2v) is 8.08. The van der Waals surface area contributed by atoms with Crippen LogP contribution in [-0.4, -0.2) is 20.0 Å². The van der Waals surface area contributed by atoms with E-state index in [2.05, 4.69) is 6.58 Å². The van der Waals surface area contributed by atoms with Gasteiger partial charge in [0.25, 0.3) is 0 Å². The van der Waals surface area contributed by atoms with Crippen LogP contribution in [-0.2, 0) is 6.61 Å². The number of hydrogen-bond donors (Lipinski definition) is 0. The summed E-state index contributed by atoms with van der Waals surface area (Å²) in [6.07, 6.45) is 5.14. The molecule has 0 aliphatic heterocycles. The van der Waals surface area contributed by atoms with Gasteiger partial charge in [0.05, 0.1) is 14.2 Å². The van der Waals surface area contributed by atoms with Gasteiger partial charge in [-0.05, 0) is 52.6 Å². The number of hydrogen-bond acceptors (Lipinski definition) is 4. The molecule has 4 nitrogen and oxygen atoms in total. The SMILES string of the molecule is C=Cc1ccc(OCc2ccccc2)cc1-c1cc(OC)cc(OC)c1/C=C/C(=O)c1ccccc1. The summed E-state index contributed by atoms with van der Waals surface area (Å²) in [7, 11) is 3.21. The fourth-order valence-electron chi connectivity index (χ4n) is 3.92. The zero-order valence-corrected chi connectivity index (χ0v) is 20.4. The third-order valence-corrected chi connectivity index (χ3v) is 5.81. The van der Waals surface area contributed by atoms with Crippen LogP contribution in [0.1, 0.15) is 27.0 Å². The van der Waals surface area contributed by atoms with E-state index in [4.69, 9.17) is 14.2 Å². The molecule has 0 bridgehead atoms. The molecule has 180 valence electrons. The van der Waals surface area contributed by atoms with Crippen LogP contribution in [0.25, 0.3) is 23.3 Å². The molecular weight excluding hydrogens is 448 g/mol. The van der Waals surface area contributed by atoms with Crippen LogP contribution in [0.3, 0.4) is 0 Å². The summed E-state index contributed by atoms with van der Waals surface area (Å²) in [5.41, 5.74) is 5.10. The van der Waals surface area contributed by atoms with Crippen LogP contribution in [0.4, 0.5) is 0 Å². The minimum absolute atomic E-state index is 0.0942. The summed E-state index contributed by atoms with van der Waals surface area (Å²) >= 11 is 0. The lowest BCUT2D eigenvalue weighted by Crippen LogP contribution is -1.98. The second-order valence-electron chi connectivity index (χ2n) is 8.08. The van der Waals surface area contributed by atoms with E-state index in [1.54, 1.807) is 50.6 Å². The summed E-state index contributed by atoms with van der Waals surface area (Å²) in [6.45, 7) is 4.45. The van der Waals surface area contributed by atoms with E-state index in [9.17, 15) is 4.79 Å². The summed E-state index contributed by atoms with van der Waals surface area (Å²) in [5, 5.41) is 0. The molecule has 0 N–H and O–H groups in total. The number of benzene rings is 4. The predicted molar refractivity (Wildman–Crippen MR) is 146 cm³/mol. The maximum absolute atomic E-state index is 12.8. The number of rotatable bonds is 10. The first-order chi connectivity index (χ1) is 17.6. The standard InChI is InChI=1S/C32H28O4/c1-4-24-15-16-26(36-22-23-11-7-5-8-12-23)19-29(24)30-20-27(34-2)21-32(35-3)28(30)17-18-31(33)25-13-9-6-10-14-25/h4-21H,1,22H2,2-3H3/b18-17+. The van der Waals surface area contributed by atoms with E-state index in [1.165, 1.54) is 0 Å². The number of methoxy groups -OCH3 is 2. The molecule has 0 spiro atoms. The number of allylic oxidation sites excluding steroid dienone is 1. The molecule has 0 fully saturated rings. The Morgan fingerprint density at radius 2 is 1.50 bits per heavy atom. The quantitative estimate of drug-likeness (QED) is 0.176. The monoisotopic (exact) mass is 476 g/mol. The average Bonchev–Trinajstić information content (AvgIpc) is 2.95. The molecule has 0 aromatic heterocycles. The number of carbonyl (C=O) groups excluding carboxylic acids is 1. The van der Waals surface area contributed by atoms with Crippen LogP contribution in [0.5, 0.6) is 17.2 Å². The van der Waals surface area contributed by atoms with E-state index in [-0.39, 0.29) is 5.78 Å². The minimum atomic E-state index is -0.0942. The van der Waals surface area contributed by atoms with E-state index < -0.39 is 0 Å². The normalized spacial score (nSPS) is 10.7. The number of ether oxygens (including phenoxy) is 3. The second kappa shape index (κ2) is 11.7. The smallest absolute Gasteiger partial charge is 0.185 e. The van der Waals surface area contributed by atoms with Gasteiger partial charge in [0.1, 0.15) is 23.9 Å². The first kappa shape index (κ1) is 24.6.